The Morgan fingerprint density at radius 3 is 2.13 bits per heavy atom. The summed E-state index contributed by atoms with van der Waals surface area (Å²) in [7, 11) is 0. The number of pyridine rings is 1. The number of benzene rings is 2. The minimum absolute atomic E-state index is 0.292. The Morgan fingerprint density at radius 2 is 1.53 bits per heavy atom. The van der Waals surface area contributed by atoms with Gasteiger partial charge in [0.2, 0.25) is 0 Å². The van der Waals surface area contributed by atoms with Crippen molar-refractivity contribution < 1.29 is 14.3 Å². The normalized spacial score (nSPS) is 10.9. The first-order valence-corrected chi connectivity index (χ1v) is 10.1. The van der Waals surface area contributed by atoms with Crippen LogP contribution in [0.3, 0.4) is 0 Å². The number of amides is 2. The summed E-state index contributed by atoms with van der Waals surface area (Å²) in [5.74, 6) is -0.292. The SMILES string of the molecule is CC(C)(C)OC(=O)Nc1ccccc1NC(=O)c1ccc(-c2ncccc2Br)cc1. The fourth-order valence-electron chi connectivity index (χ4n) is 2.69. The number of ether oxygens (including phenoxy) is 1. The van der Waals surface area contributed by atoms with Crippen molar-refractivity contribution in [3.63, 3.8) is 0 Å². The predicted molar refractivity (Wildman–Crippen MR) is 122 cm³/mol. The number of para-hydroxylation sites is 2. The Hall–Kier alpha value is -3.19. The lowest BCUT2D eigenvalue weighted by atomic mass is 10.1. The highest BCUT2D eigenvalue weighted by Gasteiger charge is 2.18. The average Bonchev–Trinajstić information content (AvgIpc) is 2.68. The van der Waals surface area contributed by atoms with Crippen molar-refractivity contribution in [2.75, 3.05) is 10.6 Å². The Kier molecular flexibility index (Phi) is 6.52. The third kappa shape index (κ3) is 5.67. The lowest BCUT2D eigenvalue weighted by Gasteiger charge is -2.20. The summed E-state index contributed by atoms with van der Waals surface area (Å²) >= 11 is 3.48. The smallest absolute Gasteiger partial charge is 0.412 e. The van der Waals surface area contributed by atoms with Crippen molar-refractivity contribution in [1.29, 1.82) is 0 Å². The van der Waals surface area contributed by atoms with E-state index in [4.69, 9.17) is 4.74 Å². The molecular weight excluding hydrogens is 446 g/mol. The van der Waals surface area contributed by atoms with E-state index in [0.717, 1.165) is 15.7 Å². The van der Waals surface area contributed by atoms with Gasteiger partial charge < -0.3 is 10.1 Å². The average molecular weight is 468 g/mol. The van der Waals surface area contributed by atoms with Gasteiger partial charge in [-0.2, -0.15) is 0 Å². The van der Waals surface area contributed by atoms with Gasteiger partial charge in [-0.15, -0.1) is 0 Å². The van der Waals surface area contributed by atoms with Crippen molar-refractivity contribution in [1.82, 2.24) is 4.98 Å². The Labute approximate surface area is 183 Å². The number of halogens is 1. The van der Waals surface area contributed by atoms with Crippen LogP contribution in [0, 0.1) is 0 Å². The van der Waals surface area contributed by atoms with Gasteiger partial charge in [0.15, 0.2) is 0 Å². The highest BCUT2D eigenvalue weighted by molar-refractivity contribution is 9.10. The molecule has 0 aliphatic carbocycles. The zero-order valence-corrected chi connectivity index (χ0v) is 18.5. The van der Waals surface area contributed by atoms with Gasteiger partial charge >= 0.3 is 6.09 Å². The molecule has 0 aliphatic heterocycles. The minimum Gasteiger partial charge on any atom is -0.444 e. The molecule has 1 aromatic heterocycles. The molecule has 0 aliphatic rings. The third-order valence-electron chi connectivity index (χ3n) is 3.99. The monoisotopic (exact) mass is 467 g/mol. The zero-order chi connectivity index (χ0) is 21.7. The molecule has 2 N–H and O–H groups in total. The number of nitrogens with one attached hydrogen (secondary N) is 2. The molecule has 2 amide bonds. The molecule has 0 fully saturated rings. The van der Waals surface area contributed by atoms with Crippen LogP contribution < -0.4 is 10.6 Å². The number of hydrogen-bond acceptors (Lipinski definition) is 4. The van der Waals surface area contributed by atoms with Gasteiger partial charge in [0.25, 0.3) is 5.91 Å². The third-order valence-corrected chi connectivity index (χ3v) is 4.63. The molecule has 0 radical (unpaired) electrons. The van der Waals surface area contributed by atoms with Crippen LogP contribution >= 0.6 is 15.9 Å². The molecule has 7 heteroatoms. The number of carbonyl (C=O) groups is 2. The van der Waals surface area contributed by atoms with Crippen molar-refractivity contribution >= 4 is 39.3 Å². The number of rotatable bonds is 4. The van der Waals surface area contributed by atoms with Gasteiger partial charge in [0.1, 0.15) is 5.60 Å². The van der Waals surface area contributed by atoms with Crippen LogP contribution in [0.15, 0.2) is 71.3 Å². The Balaban J connectivity index is 1.74. The summed E-state index contributed by atoms with van der Waals surface area (Å²) in [4.78, 5) is 29.2. The lowest BCUT2D eigenvalue weighted by molar-refractivity contribution is 0.0635. The number of carbonyl (C=O) groups excluding carboxylic acids is 2. The quantitative estimate of drug-likeness (QED) is 0.484. The second-order valence-corrected chi connectivity index (χ2v) is 8.39. The maximum absolute atomic E-state index is 12.7. The summed E-state index contributed by atoms with van der Waals surface area (Å²) < 4.78 is 6.16. The van der Waals surface area contributed by atoms with E-state index in [1.54, 1.807) is 63.4 Å². The van der Waals surface area contributed by atoms with E-state index in [1.165, 1.54) is 0 Å². The molecule has 0 saturated heterocycles. The van der Waals surface area contributed by atoms with Crippen molar-refractivity contribution in [3.8, 4) is 11.3 Å². The van der Waals surface area contributed by atoms with E-state index >= 15 is 0 Å². The number of aromatic nitrogens is 1. The fourth-order valence-corrected chi connectivity index (χ4v) is 3.17. The van der Waals surface area contributed by atoms with E-state index in [2.05, 4.69) is 31.5 Å². The molecule has 0 bridgehead atoms. The second kappa shape index (κ2) is 9.09. The first kappa shape index (κ1) is 21.5. The molecule has 1 heterocycles. The molecule has 154 valence electrons. The standard InChI is InChI=1S/C23H22BrN3O3/c1-23(2,3)30-22(29)27-19-9-5-4-8-18(19)26-21(28)16-12-10-15(11-13-16)20-17(24)7-6-14-25-20/h4-14H,1-3H3,(H,26,28)(H,27,29). The van der Waals surface area contributed by atoms with Gasteiger partial charge in [-0.25, -0.2) is 4.79 Å². The van der Waals surface area contributed by atoms with Crippen molar-refractivity contribution in [2.24, 2.45) is 0 Å². The minimum atomic E-state index is -0.618. The molecule has 0 unspecified atom stereocenters. The molecular formula is C23H22BrN3O3. The van der Waals surface area contributed by atoms with E-state index in [1.807, 2.05) is 24.3 Å². The fraction of sp³-hybridized carbons (Fsp3) is 0.174. The summed E-state index contributed by atoms with van der Waals surface area (Å²) in [5, 5.41) is 5.50. The number of nitrogens with zero attached hydrogens (tertiary/aromatic N) is 1. The van der Waals surface area contributed by atoms with Crippen LogP contribution in [0.1, 0.15) is 31.1 Å². The molecule has 2 aromatic carbocycles. The highest BCUT2D eigenvalue weighted by Crippen LogP contribution is 2.26. The summed E-state index contributed by atoms with van der Waals surface area (Å²) in [6.45, 7) is 5.36. The first-order valence-electron chi connectivity index (χ1n) is 9.34. The summed E-state index contributed by atoms with van der Waals surface area (Å²) in [6, 6.07) is 17.9. The van der Waals surface area contributed by atoms with Gasteiger partial charge in [-0.1, -0.05) is 24.3 Å². The van der Waals surface area contributed by atoms with Gasteiger partial charge in [0.05, 0.1) is 17.1 Å². The second-order valence-electron chi connectivity index (χ2n) is 7.54. The van der Waals surface area contributed by atoms with Gasteiger partial charge in [-0.05, 0) is 73.1 Å². The summed E-state index contributed by atoms with van der Waals surface area (Å²) in [5.41, 5.74) is 2.49. The Morgan fingerprint density at radius 1 is 0.900 bits per heavy atom. The lowest BCUT2D eigenvalue weighted by Crippen LogP contribution is -2.27. The van der Waals surface area contributed by atoms with Gasteiger partial charge in [0, 0.05) is 21.8 Å². The Bertz CT molecular complexity index is 1060. The summed E-state index contributed by atoms with van der Waals surface area (Å²) in [6.07, 6.45) is 1.13. The van der Waals surface area contributed by atoms with E-state index in [-0.39, 0.29) is 5.91 Å². The van der Waals surface area contributed by atoms with Crippen LogP contribution in [-0.2, 0) is 4.74 Å². The topological polar surface area (TPSA) is 80.3 Å². The van der Waals surface area contributed by atoms with Crippen LogP contribution in [-0.4, -0.2) is 22.6 Å². The molecule has 30 heavy (non-hydrogen) atoms. The number of anilines is 2. The van der Waals surface area contributed by atoms with E-state index < -0.39 is 11.7 Å². The molecule has 6 nitrogen and oxygen atoms in total. The zero-order valence-electron chi connectivity index (χ0n) is 16.9. The number of hydrogen-bond donors (Lipinski definition) is 2. The molecule has 3 aromatic rings. The van der Waals surface area contributed by atoms with Crippen LogP contribution in [0.2, 0.25) is 0 Å². The maximum atomic E-state index is 12.7. The van der Waals surface area contributed by atoms with Crippen LogP contribution in [0.4, 0.5) is 16.2 Å². The van der Waals surface area contributed by atoms with E-state index in [9.17, 15) is 9.59 Å². The molecule has 0 saturated carbocycles. The largest absolute Gasteiger partial charge is 0.444 e. The molecule has 0 atom stereocenters. The van der Waals surface area contributed by atoms with Crippen molar-refractivity contribution in [3.05, 3.63) is 76.9 Å². The maximum Gasteiger partial charge on any atom is 0.412 e. The molecule has 0 spiro atoms. The van der Waals surface area contributed by atoms with Crippen molar-refractivity contribution in [2.45, 2.75) is 26.4 Å². The van der Waals surface area contributed by atoms with Crippen LogP contribution in [0.25, 0.3) is 11.3 Å². The predicted octanol–water partition coefficient (Wildman–Crippen LogP) is 6.11. The highest BCUT2D eigenvalue weighted by atomic mass is 79.9. The van der Waals surface area contributed by atoms with E-state index in [0.29, 0.717) is 16.9 Å². The van der Waals surface area contributed by atoms with Crippen LogP contribution in [0.5, 0.6) is 0 Å². The van der Waals surface area contributed by atoms with Gasteiger partial charge in [-0.3, -0.25) is 15.1 Å². The molecule has 3 rings (SSSR count). The first-order chi connectivity index (χ1) is 14.2.